The first-order valence-corrected chi connectivity index (χ1v) is 9.36. The number of benzene rings is 1. The molecule has 0 radical (unpaired) electrons. The average molecular weight is 475 g/mol. The molecule has 1 aromatic rings. The molecule has 5 nitrogen and oxygen atoms in total. The van der Waals surface area contributed by atoms with Crippen molar-refractivity contribution in [1.29, 1.82) is 0 Å². The molecule has 0 spiro atoms. The molecule has 148 valence electrons. The SMILES string of the molecule is CCNC(=NCC1(CO)CC1)NC(C)c1ccc(OCC(C)C)cc1.I. The Labute approximate surface area is 175 Å². The smallest absolute Gasteiger partial charge is 0.191 e. The first kappa shape index (κ1) is 23.0. The second-order valence-electron chi connectivity index (χ2n) is 7.49. The first-order chi connectivity index (χ1) is 12.0. The monoisotopic (exact) mass is 475 g/mol. The summed E-state index contributed by atoms with van der Waals surface area (Å²) in [5, 5.41) is 16.2. The molecule has 1 unspecified atom stereocenters. The number of aliphatic imine (C=N–C) groups is 1. The van der Waals surface area contributed by atoms with E-state index in [4.69, 9.17) is 4.74 Å². The molecule has 0 bridgehead atoms. The van der Waals surface area contributed by atoms with Crippen LogP contribution in [0.5, 0.6) is 5.75 Å². The van der Waals surface area contributed by atoms with Crippen LogP contribution < -0.4 is 15.4 Å². The predicted molar refractivity (Wildman–Crippen MR) is 118 cm³/mol. The van der Waals surface area contributed by atoms with Crippen molar-refractivity contribution < 1.29 is 9.84 Å². The number of hydrogen-bond donors (Lipinski definition) is 3. The molecule has 1 fully saturated rings. The van der Waals surface area contributed by atoms with Gasteiger partial charge in [-0.2, -0.15) is 0 Å². The number of halogens is 1. The number of guanidine groups is 1. The van der Waals surface area contributed by atoms with Crippen LogP contribution in [0.2, 0.25) is 0 Å². The number of aliphatic hydroxyl groups excluding tert-OH is 1. The summed E-state index contributed by atoms with van der Waals surface area (Å²) in [4.78, 5) is 4.66. The Bertz CT molecular complexity index is 557. The second-order valence-corrected chi connectivity index (χ2v) is 7.49. The van der Waals surface area contributed by atoms with Crippen LogP contribution in [0.25, 0.3) is 0 Å². The summed E-state index contributed by atoms with van der Waals surface area (Å²) in [6.07, 6.45) is 2.14. The van der Waals surface area contributed by atoms with Crippen LogP contribution in [0, 0.1) is 11.3 Å². The molecule has 0 saturated heterocycles. The summed E-state index contributed by atoms with van der Waals surface area (Å²) in [6.45, 7) is 10.9. The number of ether oxygens (including phenoxy) is 1. The fraction of sp³-hybridized carbons (Fsp3) is 0.650. The normalized spacial score (nSPS) is 16.6. The van der Waals surface area contributed by atoms with Crippen LogP contribution in [0.15, 0.2) is 29.3 Å². The van der Waals surface area contributed by atoms with Gasteiger partial charge < -0.3 is 20.5 Å². The third-order valence-corrected chi connectivity index (χ3v) is 4.53. The molecule has 1 aliphatic rings. The quantitative estimate of drug-likeness (QED) is 0.289. The molecule has 0 amide bonds. The van der Waals surface area contributed by atoms with Gasteiger partial charge in [0.05, 0.1) is 25.8 Å². The maximum absolute atomic E-state index is 9.44. The van der Waals surface area contributed by atoms with Crippen LogP contribution in [-0.2, 0) is 0 Å². The molecule has 3 N–H and O–H groups in total. The van der Waals surface area contributed by atoms with Gasteiger partial charge in [-0.1, -0.05) is 26.0 Å². The van der Waals surface area contributed by atoms with E-state index >= 15 is 0 Å². The minimum atomic E-state index is 0. The highest BCUT2D eigenvalue weighted by Gasteiger charge is 2.41. The standard InChI is InChI=1S/C20H33N3O2.HI/c1-5-21-19(22-13-20(14-24)10-11-20)23-16(4)17-6-8-18(9-7-17)25-12-15(2)3;/h6-9,15-16,24H,5,10-14H2,1-4H3,(H2,21,22,23);1H. The minimum absolute atomic E-state index is 0. The van der Waals surface area contributed by atoms with Crippen LogP contribution in [-0.4, -0.2) is 37.4 Å². The van der Waals surface area contributed by atoms with Gasteiger partial charge in [0.1, 0.15) is 5.75 Å². The molecule has 26 heavy (non-hydrogen) atoms. The second kappa shape index (κ2) is 11.0. The van der Waals surface area contributed by atoms with Crippen molar-refractivity contribution in [3.63, 3.8) is 0 Å². The Kier molecular flexibility index (Phi) is 9.71. The average Bonchev–Trinajstić information content (AvgIpc) is 3.39. The fourth-order valence-electron chi connectivity index (χ4n) is 2.51. The van der Waals surface area contributed by atoms with Gasteiger partial charge in [-0.15, -0.1) is 24.0 Å². The summed E-state index contributed by atoms with van der Waals surface area (Å²) >= 11 is 0. The summed E-state index contributed by atoms with van der Waals surface area (Å²) in [7, 11) is 0. The number of nitrogens with zero attached hydrogens (tertiary/aromatic N) is 1. The fourth-order valence-corrected chi connectivity index (χ4v) is 2.51. The zero-order chi connectivity index (χ0) is 18.3. The van der Waals surface area contributed by atoms with E-state index < -0.39 is 0 Å². The highest BCUT2D eigenvalue weighted by Crippen LogP contribution is 2.45. The number of aliphatic hydroxyl groups is 1. The molecule has 1 aromatic carbocycles. The number of hydrogen-bond acceptors (Lipinski definition) is 3. The van der Waals surface area contributed by atoms with Crippen molar-refractivity contribution in [3.8, 4) is 5.75 Å². The third kappa shape index (κ3) is 7.31. The van der Waals surface area contributed by atoms with Crippen molar-refractivity contribution in [3.05, 3.63) is 29.8 Å². The summed E-state index contributed by atoms with van der Waals surface area (Å²) in [6, 6.07) is 8.36. The Morgan fingerprint density at radius 3 is 2.38 bits per heavy atom. The molecule has 6 heteroatoms. The lowest BCUT2D eigenvalue weighted by atomic mass is 10.1. The summed E-state index contributed by atoms with van der Waals surface area (Å²) in [5.41, 5.74) is 1.21. The van der Waals surface area contributed by atoms with E-state index in [1.54, 1.807) is 0 Å². The van der Waals surface area contributed by atoms with Gasteiger partial charge in [-0.3, -0.25) is 4.99 Å². The predicted octanol–water partition coefficient (Wildman–Crippen LogP) is 3.73. The van der Waals surface area contributed by atoms with Gasteiger partial charge >= 0.3 is 0 Å². The first-order valence-electron chi connectivity index (χ1n) is 9.36. The minimum Gasteiger partial charge on any atom is -0.493 e. The van der Waals surface area contributed by atoms with Gasteiger partial charge in [0.2, 0.25) is 0 Å². The van der Waals surface area contributed by atoms with Gasteiger partial charge in [-0.25, -0.2) is 0 Å². The Morgan fingerprint density at radius 1 is 1.23 bits per heavy atom. The van der Waals surface area contributed by atoms with E-state index in [0.29, 0.717) is 12.5 Å². The third-order valence-electron chi connectivity index (χ3n) is 4.53. The molecular formula is C20H34IN3O2. The molecule has 1 saturated carbocycles. The van der Waals surface area contributed by atoms with Gasteiger partial charge in [0.25, 0.3) is 0 Å². The molecule has 1 aliphatic carbocycles. The maximum atomic E-state index is 9.44. The van der Waals surface area contributed by atoms with Crippen molar-refractivity contribution in [2.75, 3.05) is 26.3 Å². The highest BCUT2D eigenvalue weighted by molar-refractivity contribution is 14.0. The molecule has 0 heterocycles. The van der Waals surface area contributed by atoms with E-state index in [0.717, 1.165) is 37.7 Å². The Hall–Kier alpha value is -1.02. The topological polar surface area (TPSA) is 65.9 Å². The highest BCUT2D eigenvalue weighted by atomic mass is 127. The molecular weight excluding hydrogens is 441 g/mol. The zero-order valence-electron chi connectivity index (χ0n) is 16.4. The Balaban J connectivity index is 0.00000338. The van der Waals surface area contributed by atoms with Crippen LogP contribution >= 0.6 is 24.0 Å². The Morgan fingerprint density at radius 2 is 1.88 bits per heavy atom. The van der Waals surface area contributed by atoms with Gasteiger partial charge in [-0.05, 0) is 50.3 Å². The van der Waals surface area contributed by atoms with Gasteiger partial charge in [0.15, 0.2) is 5.96 Å². The summed E-state index contributed by atoms with van der Waals surface area (Å²) in [5.74, 6) is 2.23. The van der Waals surface area contributed by atoms with E-state index in [-0.39, 0.29) is 42.0 Å². The molecule has 0 aromatic heterocycles. The lowest BCUT2D eigenvalue weighted by molar-refractivity contribution is 0.217. The van der Waals surface area contributed by atoms with E-state index in [1.807, 2.05) is 12.1 Å². The number of rotatable bonds is 9. The summed E-state index contributed by atoms with van der Waals surface area (Å²) < 4.78 is 5.74. The molecule has 0 aliphatic heterocycles. The van der Waals surface area contributed by atoms with Crippen molar-refractivity contribution in [2.24, 2.45) is 16.3 Å². The zero-order valence-corrected chi connectivity index (χ0v) is 18.7. The lowest BCUT2D eigenvalue weighted by Gasteiger charge is -2.19. The van der Waals surface area contributed by atoms with E-state index in [9.17, 15) is 5.11 Å². The van der Waals surface area contributed by atoms with Crippen LogP contribution in [0.4, 0.5) is 0 Å². The van der Waals surface area contributed by atoms with Crippen molar-refractivity contribution >= 4 is 29.9 Å². The lowest BCUT2D eigenvalue weighted by Crippen LogP contribution is -2.39. The van der Waals surface area contributed by atoms with Crippen molar-refractivity contribution in [1.82, 2.24) is 10.6 Å². The van der Waals surface area contributed by atoms with E-state index in [1.165, 1.54) is 5.56 Å². The van der Waals surface area contributed by atoms with Crippen molar-refractivity contribution in [2.45, 2.75) is 46.6 Å². The van der Waals surface area contributed by atoms with Crippen LogP contribution in [0.1, 0.15) is 52.1 Å². The van der Waals surface area contributed by atoms with Gasteiger partial charge in [0, 0.05) is 12.0 Å². The van der Waals surface area contributed by atoms with E-state index in [2.05, 4.69) is 55.5 Å². The van der Waals surface area contributed by atoms with Crippen LogP contribution in [0.3, 0.4) is 0 Å². The number of nitrogens with one attached hydrogen (secondary N) is 2. The largest absolute Gasteiger partial charge is 0.493 e. The maximum Gasteiger partial charge on any atom is 0.191 e. The molecule has 2 rings (SSSR count). The molecule has 1 atom stereocenters.